The molecule has 24 heavy (non-hydrogen) atoms. The number of halogens is 1. The van der Waals surface area contributed by atoms with Gasteiger partial charge in [-0.1, -0.05) is 31.4 Å². The third-order valence-corrected chi connectivity index (χ3v) is 5.52. The van der Waals surface area contributed by atoms with Crippen molar-refractivity contribution in [3.8, 4) is 5.75 Å². The number of nitrogens with zero attached hydrogens (tertiary/aromatic N) is 2. The monoisotopic (exact) mass is 350 g/mol. The van der Waals surface area contributed by atoms with Crippen LogP contribution in [0.1, 0.15) is 32.6 Å². The second-order valence-electron chi connectivity index (χ2n) is 7.08. The quantitative estimate of drug-likeness (QED) is 0.833. The molecule has 1 aromatic rings. The zero-order chi connectivity index (χ0) is 16.9. The summed E-state index contributed by atoms with van der Waals surface area (Å²) >= 11 is 5.85. The predicted molar refractivity (Wildman–Crippen MR) is 96.5 cm³/mol. The van der Waals surface area contributed by atoms with Crippen LogP contribution in [0.5, 0.6) is 5.75 Å². The topological polar surface area (TPSA) is 32.8 Å². The number of benzene rings is 1. The first-order valence-corrected chi connectivity index (χ1v) is 9.40. The highest BCUT2D eigenvalue weighted by Crippen LogP contribution is 2.28. The number of rotatable bonds is 4. The molecule has 0 unspecified atom stereocenters. The molecule has 4 nitrogen and oxygen atoms in total. The summed E-state index contributed by atoms with van der Waals surface area (Å²) in [5.74, 6) is 1.60. The van der Waals surface area contributed by atoms with Crippen LogP contribution in [0.25, 0.3) is 0 Å². The molecule has 132 valence electrons. The van der Waals surface area contributed by atoms with E-state index in [4.69, 9.17) is 16.3 Å². The van der Waals surface area contributed by atoms with Crippen LogP contribution in [0, 0.1) is 5.92 Å². The number of carbonyl (C=O) groups is 1. The highest BCUT2D eigenvalue weighted by atomic mass is 35.5. The second kappa shape index (κ2) is 8.21. The molecule has 1 aromatic carbocycles. The molecule has 2 aliphatic rings. The van der Waals surface area contributed by atoms with Gasteiger partial charge in [-0.05, 0) is 43.0 Å². The van der Waals surface area contributed by atoms with Gasteiger partial charge in [0.15, 0.2) is 6.61 Å². The Labute approximate surface area is 149 Å². The van der Waals surface area contributed by atoms with Gasteiger partial charge in [0.05, 0.1) is 0 Å². The lowest BCUT2D eigenvalue weighted by Gasteiger charge is -2.42. The smallest absolute Gasteiger partial charge is 0.260 e. The van der Waals surface area contributed by atoms with E-state index in [0.29, 0.717) is 10.8 Å². The fraction of sp³-hybridized carbons (Fsp3) is 0.632. The van der Waals surface area contributed by atoms with Gasteiger partial charge in [0.2, 0.25) is 0 Å². The number of hydrogen-bond donors (Lipinski definition) is 0. The fourth-order valence-corrected chi connectivity index (χ4v) is 3.96. The van der Waals surface area contributed by atoms with Crippen molar-refractivity contribution in [3.63, 3.8) is 0 Å². The Hall–Kier alpha value is -1.26. The molecule has 1 saturated carbocycles. The van der Waals surface area contributed by atoms with E-state index in [1.807, 2.05) is 4.90 Å². The molecule has 0 N–H and O–H groups in total. The van der Waals surface area contributed by atoms with Gasteiger partial charge in [0.1, 0.15) is 5.75 Å². The number of amides is 1. The first-order valence-electron chi connectivity index (χ1n) is 9.02. The second-order valence-corrected chi connectivity index (χ2v) is 7.52. The molecule has 3 rings (SSSR count). The number of carbonyl (C=O) groups excluding carboxylic acids is 1. The van der Waals surface area contributed by atoms with Crippen LogP contribution in [0.2, 0.25) is 5.02 Å². The molecular formula is C19H27ClN2O2. The average Bonchev–Trinajstić information content (AvgIpc) is 2.61. The summed E-state index contributed by atoms with van der Waals surface area (Å²) < 4.78 is 5.57. The molecule has 1 amide bonds. The van der Waals surface area contributed by atoms with Crippen molar-refractivity contribution in [2.75, 3.05) is 32.8 Å². The molecule has 1 saturated heterocycles. The Morgan fingerprint density at radius 3 is 2.54 bits per heavy atom. The molecule has 2 fully saturated rings. The van der Waals surface area contributed by atoms with Gasteiger partial charge in [0, 0.05) is 37.2 Å². The minimum atomic E-state index is 0.0709. The van der Waals surface area contributed by atoms with Gasteiger partial charge in [0.25, 0.3) is 5.91 Å². The maximum absolute atomic E-state index is 12.3. The van der Waals surface area contributed by atoms with Crippen LogP contribution in [0.15, 0.2) is 24.3 Å². The van der Waals surface area contributed by atoms with Gasteiger partial charge >= 0.3 is 0 Å². The third kappa shape index (κ3) is 4.64. The van der Waals surface area contributed by atoms with Gasteiger partial charge in [-0.15, -0.1) is 0 Å². The zero-order valence-corrected chi connectivity index (χ0v) is 15.2. The van der Waals surface area contributed by atoms with Crippen molar-refractivity contribution >= 4 is 17.5 Å². The summed E-state index contributed by atoms with van der Waals surface area (Å²) in [6.07, 6.45) is 5.35. The highest BCUT2D eigenvalue weighted by Gasteiger charge is 2.28. The highest BCUT2D eigenvalue weighted by molar-refractivity contribution is 6.30. The van der Waals surface area contributed by atoms with E-state index in [1.165, 1.54) is 25.7 Å². The number of piperazine rings is 1. The van der Waals surface area contributed by atoms with Gasteiger partial charge in [-0.25, -0.2) is 0 Å². The normalized spacial score (nSPS) is 25.5. The lowest BCUT2D eigenvalue weighted by molar-refractivity contribution is -0.135. The van der Waals surface area contributed by atoms with E-state index in [0.717, 1.165) is 38.1 Å². The molecule has 0 spiro atoms. The van der Waals surface area contributed by atoms with E-state index in [2.05, 4.69) is 11.8 Å². The van der Waals surface area contributed by atoms with E-state index in [1.54, 1.807) is 24.3 Å². The van der Waals surface area contributed by atoms with Crippen LogP contribution < -0.4 is 4.74 Å². The van der Waals surface area contributed by atoms with Gasteiger partial charge in [-0.2, -0.15) is 0 Å². The Morgan fingerprint density at radius 2 is 1.88 bits per heavy atom. The Balaban J connectivity index is 1.42. The summed E-state index contributed by atoms with van der Waals surface area (Å²) in [6.45, 7) is 6.07. The van der Waals surface area contributed by atoms with Crippen LogP contribution in [0.3, 0.4) is 0 Å². The SMILES string of the molecule is C[C@@H]1CCC[C@@H](N2CCN(C(=O)COc3ccc(Cl)cc3)CC2)C1. The van der Waals surface area contributed by atoms with Crippen molar-refractivity contribution < 1.29 is 9.53 Å². The van der Waals surface area contributed by atoms with Crippen LogP contribution >= 0.6 is 11.6 Å². The van der Waals surface area contributed by atoms with E-state index < -0.39 is 0 Å². The van der Waals surface area contributed by atoms with Crippen LogP contribution in [0.4, 0.5) is 0 Å². The van der Waals surface area contributed by atoms with Crippen molar-refractivity contribution in [1.82, 2.24) is 9.80 Å². The Kier molecular flexibility index (Phi) is 6.01. The molecule has 1 aliphatic heterocycles. The Bertz CT molecular complexity index is 541. The van der Waals surface area contributed by atoms with E-state index in [9.17, 15) is 4.79 Å². The molecule has 0 aromatic heterocycles. The molecule has 0 radical (unpaired) electrons. The van der Waals surface area contributed by atoms with Crippen LogP contribution in [-0.4, -0.2) is 54.5 Å². The molecule has 1 aliphatic carbocycles. The standard InChI is InChI=1S/C19H27ClN2O2/c1-15-3-2-4-17(13-15)21-9-11-22(12-10-21)19(23)14-24-18-7-5-16(20)6-8-18/h5-8,15,17H,2-4,9-14H2,1H3/t15-,17-/m1/s1. The summed E-state index contributed by atoms with van der Waals surface area (Å²) in [7, 11) is 0. The van der Waals surface area contributed by atoms with E-state index >= 15 is 0 Å². The molecule has 0 bridgehead atoms. The first kappa shape index (κ1) is 17.6. The number of hydrogen-bond acceptors (Lipinski definition) is 3. The minimum Gasteiger partial charge on any atom is -0.484 e. The lowest BCUT2D eigenvalue weighted by atomic mass is 9.86. The summed E-state index contributed by atoms with van der Waals surface area (Å²) in [6, 6.07) is 7.84. The molecule has 1 heterocycles. The largest absolute Gasteiger partial charge is 0.484 e. The maximum atomic E-state index is 12.3. The minimum absolute atomic E-state index is 0.0709. The maximum Gasteiger partial charge on any atom is 0.260 e. The van der Waals surface area contributed by atoms with Gasteiger partial charge < -0.3 is 9.64 Å². The summed E-state index contributed by atoms with van der Waals surface area (Å²) in [4.78, 5) is 16.8. The van der Waals surface area contributed by atoms with Crippen molar-refractivity contribution in [1.29, 1.82) is 0 Å². The fourth-order valence-electron chi connectivity index (χ4n) is 3.84. The van der Waals surface area contributed by atoms with Crippen molar-refractivity contribution in [3.05, 3.63) is 29.3 Å². The molecule has 5 heteroatoms. The zero-order valence-electron chi connectivity index (χ0n) is 14.4. The summed E-state index contributed by atoms with van der Waals surface area (Å²) in [5.41, 5.74) is 0. The Morgan fingerprint density at radius 1 is 1.17 bits per heavy atom. The molecular weight excluding hydrogens is 324 g/mol. The van der Waals surface area contributed by atoms with Crippen molar-refractivity contribution in [2.24, 2.45) is 5.92 Å². The number of ether oxygens (including phenoxy) is 1. The average molecular weight is 351 g/mol. The molecule has 2 atom stereocenters. The first-order chi connectivity index (χ1) is 11.6. The van der Waals surface area contributed by atoms with Crippen LogP contribution in [-0.2, 0) is 4.79 Å². The third-order valence-electron chi connectivity index (χ3n) is 5.27. The predicted octanol–water partition coefficient (Wildman–Crippen LogP) is 3.44. The lowest BCUT2D eigenvalue weighted by Crippen LogP contribution is -2.53. The van der Waals surface area contributed by atoms with E-state index in [-0.39, 0.29) is 12.5 Å². The van der Waals surface area contributed by atoms with Crippen molar-refractivity contribution in [2.45, 2.75) is 38.6 Å². The summed E-state index contributed by atoms with van der Waals surface area (Å²) in [5, 5.41) is 0.668. The van der Waals surface area contributed by atoms with Gasteiger partial charge in [-0.3, -0.25) is 9.69 Å².